The average molecular weight is 543 g/mol. The fourth-order valence-corrected chi connectivity index (χ4v) is 5.45. The largest absolute Gasteiger partial charge is 0.377 e. The molecule has 3 heterocycles. The second-order valence-corrected chi connectivity index (χ2v) is 10.3. The van der Waals surface area contributed by atoms with E-state index in [2.05, 4.69) is 27.4 Å². The van der Waals surface area contributed by atoms with Crippen molar-refractivity contribution in [2.75, 3.05) is 36.5 Å². The SMILES string of the molecule is CC1COCCN1c1nc(-c2ccc(NC(=O)NCC(F)F)cc2)nc2c1CC(C(=O)c1nccs1)CC2. The zero-order valence-electron chi connectivity index (χ0n) is 20.8. The van der Waals surface area contributed by atoms with Crippen molar-refractivity contribution in [3.63, 3.8) is 0 Å². The molecule has 2 aliphatic rings. The van der Waals surface area contributed by atoms with Gasteiger partial charge in [-0.05, 0) is 50.5 Å². The Hall–Kier alpha value is -3.51. The van der Waals surface area contributed by atoms with Gasteiger partial charge in [-0.2, -0.15) is 0 Å². The summed E-state index contributed by atoms with van der Waals surface area (Å²) in [7, 11) is 0. The molecule has 3 aromatic rings. The van der Waals surface area contributed by atoms with Crippen LogP contribution in [-0.4, -0.2) is 65.5 Å². The number of benzene rings is 1. The smallest absolute Gasteiger partial charge is 0.319 e. The van der Waals surface area contributed by atoms with Gasteiger partial charge < -0.3 is 20.3 Å². The third-order valence-electron chi connectivity index (χ3n) is 6.72. The van der Waals surface area contributed by atoms with Gasteiger partial charge in [-0.3, -0.25) is 4.79 Å². The Morgan fingerprint density at radius 2 is 2.05 bits per heavy atom. The zero-order valence-corrected chi connectivity index (χ0v) is 21.6. The first-order valence-electron chi connectivity index (χ1n) is 12.5. The van der Waals surface area contributed by atoms with Gasteiger partial charge in [0.1, 0.15) is 5.82 Å². The lowest BCUT2D eigenvalue weighted by molar-refractivity contribution is 0.0905. The lowest BCUT2D eigenvalue weighted by Gasteiger charge is -2.37. The van der Waals surface area contributed by atoms with Gasteiger partial charge in [0.05, 0.1) is 25.8 Å². The summed E-state index contributed by atoms with van der Waals surface area (Å²) in [6.45, 7) is 3.24. The van der Waals surface area contributed by atoms with Crippen molar-refractivity contribution < 1.29 is 23.1 Å². The van der Waals surface area contributed by atoms with Crippen LogP contribution in [0.25, 0.3) is 11.4 Å². The number of ether oxygens (including phenoxy) is 1. The number of hydrogen-bond acceptors (Lipinski definition) is 8. The van der Waals surface area contributed by atoms with Crippen LogP contribution < -0.4 is 15.5 Å². The van der Waals surface area contributed by atoms with E-state index in [0.29, 0.717) is 55.5 Å². The van der Waals surface area contributed by atoms with Gasteiger partial charge >= 0.3 is 6.03 Å². The van der Waals surface area contributed by atoms with E-state index in [-0.39, 0.29) is 17.7 Å². The highest BCUT2D eigenvalue weighted by atomic mass is 32.1. The highest BCUT2D eigenvalue weighted by Crippen LogP contribution is 2.36. The third-order valence-corrected chi connectivity index (χ3v) is 7.51. The number of aryl methyl sites for hydroxylation is 1. The molecule has 200 valence electrons. The minimum Gasteiger partial charge on any atom is -0.377 e. The summed E-state index contributed by atoms with van der Waals surface area (Å²) in [4.78, 5) is 41.2. The molecule has 9 nitrogen and oxygen atoms in total. The molecule has 12 heteroatoms. The second-order valence-electron chi connectivity index (χ2n) is 9.36. The van der Waals surface area contributed by atoms with Gasteiger partial charge in [0.25, 0.3) is 6.43 Å². The standard InChI is InChI=1S/C26H28F2N6O3S/c1-15-14-37-10-9-34(15)24-19-12-17(22(35)25-29-8-11-38-25)4-7-20(19)32-23(33-24)16-2-5-18(6-3-16)31-26(36)30-13-21(27)28/h2-3,5-6,8,11,15,17,21H,4,7,9-10,12-14H2,1H3,(H2,30,31,36). The number of alkyl halides is 2. The van der Waals surface area contributed by atoms with E-state index in [1.165, 1.54) is 11.3 Å². The minimum atomic E-state index is -2.62. The number of halogens is 2. The van der Waals surface area contributed by atoms with E-state index in [9.17, 15) is 18.4 Å². The Morgan fingerprint density at radius 3 is 2.76 bits per heavy atom. The molecule has 1 fully saturated rings. The number of rotatable bonds is 7. The summed E-state index contributed by atoms with van der Waals surface area (Å²) in [5.41, 5.74) is 3.15. The predicted octanol–water partition coefficient (Wildman–Crippen LogP) is 4.20. The summed E-state index contributed by atoms with van der Waals surface area (Å²) in [5.74, 6) is 1.28. The highest BCUT2D eigenvalue weighted by molar-refractivity contribution is 7.11. The zero-order chi connectivity index (χ0) is 26.6. The predicted molar refractivity (Wildman–Crippen MR) is 140 cm³/mol. The molecule has 0 bridgehead atoms. The Labute approximate surface area is 222 Å². The van der Waals surface area contributed by atoms with Gasteiger partial charge in [-0.25, -0.2) is 28.5 Å². The van der Waals surface area contributed by atoms with Gasteiger partial charge in [0.15, 0.2) is 16.6 Å². The van der Waals surface area contributed by atoms with Crippen molar-refractivity contribution in [3.8, 4) is 11.4 Å². The maximum atomic E-state index is 13.1. The number of thiazole rings is 1. The van der Waals surface area contributed by atoms with E-state index in [1.54, 1.807) is 30.5 Å². The number of aromatic nitrogens is 3. The minimum absolute atomic E-state index is 0.0661. The van der Waals surface area contributed by atoms with Crippen molar-refractivity contribution in [1.29, 1.82) is 0 Å². The molecule has 1 aliphatic carbocycles. The van der Waals surface area contributed by atoms with E-state index < -0.39 is 19.0 Å². The van der Waals surface area contributed by atoms with Crippen molar-refractivity contribution in [1.82, 2.24) is 20.3 Å². The summed E-state index contributed by atoms with van der Waals surface area (Å²) in [6, 6.07) is 6.35. The Kier molecular flexibility index (Phi) is 7.89. The number of urea groups is 1. The third kappa shape index (κ3) is 5.81. The van der Waals surface area contributed by atoms with Crippen LogP contribution >= 0.6 is 11.3 Å². The van der Waals surface area contributed by atoms with Crippen LogP contribution in [-0.2, 0) is 17.6 Å². The number of carbonyl (C=O) groups excluding carboxylic acids is 2. The average Bonchev–Trinajstić information content (AvgIpc) is 3.47. The number of nitrogens with zero attached hydrogens (tertiary/aromatic N) is 4. The van der Waals surface area contributed by atoms with Gasteiger partial charge in [-0.15, -0.1) is 11.3 Å². The molecule has 2 atom stereocenters. The number of hydrogen-bond donors (Lipinski definition) is 2. The quantitative estimate of drug-likeness (QED) is 0.431. The van der Waals surface area contributed by atoms with Crippen LogP contribution in [0, 0.1) is 5.92 Å². The van der Waals surface area contributed by atoms with E-state index in [4.69, 9.17) is 14.7 Å². The molecule has 0 saturated carbocycles. The van der Waals surface area contributed by atoms with Crippen LogP contribution in [0.15, 0.2) is 35.8 Å². The van der Waals surface area contributed by atoms with Gasteiger partial charge in [-0.1, -0.05) is 0 Å². The fourth-order valence-electron chi connectivity index (χ4n) is 4.79. The molecule has 2 unspecified atom stereocenters. The lowest BCUT2D eigenvalue weighted by Crippen LogP contribution is -2.45. The van der Waals surface area contributed by atoms with E-state index in [0.717, 1.165) is 22.6 Å². The first-order chi connectivity index (χ1) is 18.4. The van der Waals surface area contributed by atoms with E-state index in [1.807, 2.05) is 5.38 Å². The van der Waals surface area contributed by atoms with Crippen LogP contribution in [0.3, 0.4) is 0 Å². The van der Waals surface area contributed by atoms with E-state index >= 15 is 0 Å². The molecule has 2 N–H and O–H groups in total. The number of carbonyl (C=O) groups is 2. The molecular weight excluding hydrogens is 514 g/mol. The normalized spacial score (nSPS) is 19.2. The highest BCUT2D eigenvalue weighted by Gasteiger charge is 2.33. The summed E-state index contributed by atoms with van der Waals surface area (Å²) < 4.78 is 30.3. The topological polar surface area (TPSA) is 109 Å². The Bertz CT molecular complexity index is 1290. The summed E-state index contributed by atoms with van der Waals surface area (Å²) in [6.07, 6.45) is 0.943. The fraction of sp³-hybridized carbons (Fsp3) is 0.423. The second kappa shape index (κ2) is 11.5. The summed E-state index contributed by atoms with van der Waals surface area (Å²) in [5, 5.41) is 7.00. The maximum Gasteiger partial charge on any atom is 0.319 e. The lowest BCUT2D eigenvalue weighted by atomic mass is 9.83. The Morgan fingerprint density at radius 1 is 1.24 bits per heavy atom. The number of anilines is 2. The first kappa shape index (κ1) is 26.1. The number of Topliss-reactive ketones (excluding diaryl/α,β-unsaturated/α-hetero) is 1. The molecular formula is C26H28F2N6O3S. The van der Waals surface area contributed by atoms with Crippen LogP contribution in [0.2, 0.25) is 0 Å². The molecule has 2 aromatic heterocycles. The van der Waals surface area contributed by atoms with Crippen LogP contribution in [0.4, 0.5) is 25.1 Å². The van der Waals surface area contributed by atoms with Crippen LogP contribution in [0.1, 0.15) is 34.4 Å². The number of fused-ring (bicyclic) bond motifs is 1. The molecule has 2 amide bonds. The number of nitrogens with one attached hydrogen (secondary N) is 2. The Balaban J connectivity index is 1.42. The molecule has 0 spiro atoms. The molecule has 38 heavy (non-hydrogen) atoms. The van der Waals surface area contributed by atoms with Crippen molar-refractivity contribution in [3.05, 3.63) is 52.1 Å². The molecule has 1 saturated heterocycles. The van der Waals surface area contributed by atoms with Crippen molar-refractivity contribution in [2.45, 2.75) is 38.7 Å². The van der Waals surface area contributed by atoms with Crippen LogP contribution in [0.5, 0.6) is 0 Å². The molecule has 0 radical (unpaired) electrons. The van der Waals surface area contributed by atoms with Crippen molar-refractivity contribution in [2.24, 2.45) is 5.92 Å². The number of ketones is 1. The first-order valence-corrected chi connectivity index (χ1v) is 13.4. The maximum absolute atomic E-state index is 13.1. The number of amides is 2. The monoisotopic (exact) mass is 542 g/mol. The molecule has 5 rings (SSSR count). The number of morpholine rings is 1. The molecule has 1 aliphatic heterocycles. The van der Waals surface area contributed by atoms with Gasteiger partial charge in [0.2, 0.25) is 0 Å². The van der Waals surface area contributed by atoms with Gasteiger partial charge in [0, 0.05) is 46.5 Å². The van der Waals surface area contributed by atoms with Crippen molar-refractivity contribution >= 4 is 34.7 Å². The summed E-state index contributed by atoms with van der Waals surface area (Å²) >= 11 is 1.36. The molecule has 1 aromatic carbocycles.